The number of ether oxygens (including phenoxy) is 2. The summed E-state index contributed by atoms with van der Waals surface area (Å²) < 4.78 is 11.4. The Hall–Kier alpha value is -2.25. The summed E-state index contributed by atoms with van der Waals surface area (Å²) in [5.41, 5.74) is 2.98. The maximum Gasteiger partial charge on any atom is 0.308 e. The van der Waals surface area contributed by atoms with Gasteiger partial charge < -0.3 is 14.8 Å². The number of hydrogen-bond donors (Lipinski definition) is 1. The Balaban J connectivity index is 1.29. The molecule has 2 saturated carbocycles. The molecule has 1 amide bonds. The molecule has 2 fully saturated rings. The Morgan fingerprint density at radius 3 is 2.83 bits per heavy atom. The zero-order valence-electron chi connectivity index (χ0n) is 21.8. The van der Waals surface area contributed by atoms with E-state index in [1.54, 1.807) is 6.20 Å². The first kappa shape index (κ1) is 25.4. The third-order valence-corrected chi connectivity index (χ3v) is 9.98. The van der Waals surface area contributed by atoms with Gasteiger partial charge in [0.15, 0.2) is 5.13 Å². The molecule has 2 aromatic rings. The number of aromatic nitrogens is 1. The lowest BCUT2D eigenvalue weighted by molar-refractivity contribution is -0.131. The zero-order valence-corrected chi connectivity index (χ0v) is 22.7. The highest BCUT2D eigenvalue weighted by atomic mass is 32.1. The molecule has 194 valence electrons. The van der Waals surface area contributed by atoms with Gasteiger partial charge in [0.05, 0.1) is 6.10 Å². The smallest absolute Gasteiger partial charge is 0.308 e. The van der Waals surface area contributed by atoms with Crippen LogP contribution in [0.15, 0.2) is 24.4 Å². The van der Waals surface area contributed by atoms with E-state index in [-0.39, 0.29) is 23.4 Å². The minimum atomic E-state index is -0.271. The van der Waals surface area contributed by atoms with Gasteiger partial charge in [0, 0.05) is 31.5 Å². The molecule has 1 aromatic carbocycles. The molecule has 1 aromatic heterocycles. The number of nitrogens with one attached hydrogen (secondary N) is 1. The molecule has 6 nitrogen and oxygen atoms in total. The minimum absolute atomic E-state index is 0.0603. The van der Waals surface area contributed by atoms with Crippen LogP contribution in [0.4, 0.5) is 5.13 Å². The van der Waals surface area contributed by atoms with Crippen molar-refractivity contribution in [3.05, 3.63) is 40.4 Å². The topological polar surface area (TPSA) is 77.5 Å². The molecular weight excluding hydrogens is 472 g/mol. The van der Waals surface area contributed by atoms with Crippen molar-refractivity contribution in [1.82, 2.24) is 4.98 Å². The van der Waals surface area contributed by atoms with Gasteiger partial charge in [0.1, 0.15) is 5.75 Å². The largest absolute Gasteiger partial charge is 0.427 e. The summed E-state index contributed by atoms with van der Waals surface area (Å²) >= 11 is 1.52. The number of rotatable bonds is 7. The number of benzene rings is 1. The number of carbonyl (C=O) groups is 2. The van der Waals surface area contributed by atoms with Gasteiger partial charge in [-0.1, -0.05) is 13.0 Å². The second kappa shape index (κ2) is 10.3. The number of aryl methyl sites for hydroxylation is 2. The van der Waals surface area contributed by atoms with Gasteiger partial charge in [-0.25, -0.2) is 4.98 Å². The van der Waals surface area contributed by atoms with E-state index in [1.807, 2.05) is 20.1 Å². The second-order valence-corrected chi connectivity index (χ2v) is 12.5. The van der Waals surface area contributed by atoms with Gasteiger partial charge in [-0.05, 0) is 104 Å². The lowest BCUT2D eigenvalue weighted by Crippen LogP contribution is -2.45. The number of methoxy groups -OCH3 is 1. The Labute approximate surface area is 218 Å². The van der Waals surface area contributed by atoms with Crippen molar-refractivity contribution < 1.29 is 19.1 Å². The van der Waals surface area contributed by atoms with Crippen LogP contribution in [0.5, 0.6) is 5.75 Å². The van der Waals surface area contributed by atoms with Crippen LogP contribution in [0.3, 0.4) is 0 Å². The van der Waals surface area contributed by atoms with Gasteiger partial charge >= 0.3 is 5.97 Å². The fourth-order valence-electron chi connectivity index (χ4n) is 7.80. The van der Waals surface area contributed by atoms with E-state index in [2.05, 4.69) is 29.4 Å². The van der Waals surface area contributed by atoms with Gasteiger partial charge in [-0.2, -0.15) is 0 Å². The molecule has 1 N–H and O–H groups in total. The number of hydrogen-bond acceptors (Lipinski definition) is 6. The summed E-state index contributed by atoms with van der Waals surface area (Å²) in [7, 11) is 1.87. The van der Waals surface area contributed by atoms with Gasteiger partial charge in [0.2, 0.25) is 5.91 Å². The maximum absolute atomic E-state index is 12.5. The molecular formula is C29H38N2O4S. The monoisotopic (exact) mass is 510 g/mol. The summed E-state index contributed by atoms with van der Waals surface area (Å²) in [5.74, 6) is 2.80. The van der Waals surface area contributed by atoms with Crippen LogP contribution in [0.2, 0.25) is 0 Å². The SMILES string of the molecule is CO[C@H]1C[C@@H](CCCC(=O)Nc2ncc(C)s2)C2C3CCc4cc(OC(C)=O)ccc4C3CC[C@@]21C. The molecule has 0 saturated heterocycles. The van der Waals surface area contributed by atoms with Crippen LogP contribution in [0.1, 0.15) is 80.7 Å². The predicted octanol–water partition coefficient (Wildman–Crippen LogP) is 6.28. The van der Waals surface area contributed by atoms with Crippen molar-refractivity contribution in [1.29, 1.82) is 0 Å². The molecule has 6 atom stereocenters. The van der Waals surface area contributed by atoms with Gasteiger partial charge in [-0.3, -0.25) is 9.59 Å². The van der Waals surface area contributed by atoms with E-state index >= 15 is 0 Å². The van der Waals surface area contributed by atoms with Crippen LogP contribution >= 0.6 is 11.3 Å². The Kier molecular flexibility index (Phi) is 7.23. The Morgan fingerprint density at radius 2 is 2.11 bits per heavy atom. The van der Waals surface area contributed by atoms with E-state index in [0.717, 1.165) is 37.0 Å². The number of amides is 1. The van der Waals surface area contributed by atoms with E-state index in [4.69, 9.17) is 9.47 Å². The molecule has 7 heteroatoms. The predicted molar refractivity (Wildman–Crippen MR) is 141 cm³/mol. The first-order chi connectivity index (χ1) is 17.3. The summed E-state index contributed by atoms with van der Waals surface area (Å²) in [6, 6.07) is 6.24. The minimum Gasteiger partial charge on any atom is -0.427 e. The van der Waals surface area contributed by atoms with Gasteiger partial charge in [-0.15, -0.1) is 11.3 Å². The van der Waals surface area contributed by atoms with Crippen molar-refractivity contribution in [3.63, 3.8) is 0 Å². The van der Waals surface area contributed by atoms with Crippen LogP contribution in [0, 0.1) is 30.1 Å². The summed E-state index contributed by atoms with van der Waals surface area (Å²) in [6.45, 7) is 5.91. The number of anilines is 1. The zero-order chi connectivity index (χ0) is 25.4. The molecule has 1 heterocycles. The highest BCUT2D eigenvalue weighted by molar-refractivity contribution is 7.15. The van der Waals surface area contributed by atoms with E-state index in [1.165, 1.54) is 42.2 Å². The van der Waals surface area contributed by atoms with Crippen molar-refractivity contribution >= 4 is 28.3 Å². The van der Waals surface area contributed by atoms with Crippen LogP contribution in [-0.4, -0.2) is 30.1 Å². The molecule has 0 spiro atoms. The molecule has 3 unspecified atom stereocenters. The number of nitrogens with zero attached hydrogens (tertiary/aromatic N) is 1. The third kappa shape index (κ3) is 4.84. The van der Waals surface area contributed by atoms with E-state index in [0.29, 0.717) is 41.0 Å². The van der Waals surface area contributed by atoms with Crippen molar-refractivity contribution in [2.45, 2.75) is 84.2 Å². The molecule has 3 aliphatic carbocycles. The number of fused-ring (bicyclic) bond motifs is 5. The average Bonchev–Trinajstić information content (AvgIpc) is 3.37. The fraction of sp³-hybridized carbons (Fsp3) is 0.621. The number of thiazole rings is 1. The molecule has 5 rings (SSSR count). The summed E-state index contributed by atoms with van der Waals surface area (Å²) in [5, 5.41) is 3.65. The quantitative estimate of drug-likeness (QED) is 0.350. The van der Waals surface area contributed by atoms with Crippen molar-refractivity contribution in [2.75, 3.05) is 12.4 Å². The van der Waals surface area contributed by atoms with Crippen molar-refractivity contribution in [3.8, 4) is 5.75 Å². The Morgan fingerprint density at radius 1 is 1.28 bits per heavy atom. The average molecular weight is 511 g/mol. The molecule has 0 radical (unpaired) electrons. The van der Waals surface area contributed by atoms with Gasteiger partial charge in [0.25, 0.3) is 0 Å². The highest BCUT2D eigenvalue weighted by Gasteiger charge is 2.58. The lowest BCUT2D eigenvalue weighted by Gasteiger charge is -2.52. The molecule has 0 aliphatic heterocycles. The fourth-order valence-corrected chi connectivity index (χ4v) is 8.48. The van der Waals surface area contributed by atoms with Crippen LogP contribution < -0.4 is 10.1 Å². The third-order valence-electron chi connectivity index (χ3n) is 9.15. The number of carbonyl (C=O) groups excluding carboxylic acids is 2. The summed E-state index contributed by atoms with van der Waals surface area (Å²) in [4.78, 5) is 29.3. The lowest BCUT2D eigenvalue weighted by atomic mass is 9.53. The maximum atomic E-state index is 12.5. The normalized spacial score (nSPS) is 30.7. The second-order valence-electron chi connectivity index (χ2n) is 11.3. The van der Waals surface area contributed by atoms with Crippen LogP contribution in [-0.2, 0) is 20.7 Å². The first-order valence-electron chi connectivity index (χ1n) is 13.3. The standard InChI is InChI=1S/C29H38N2O4S/c1-17-16-30-28(36-17)31-26(33)7-5-6-20-15-25(34-4)29(3)13-12-23-22-11-9-21(35-18(2)32)14-19(22)8-10-24(23)27(20)29/h9,11,14,16,20,23-25,27H,5-8,10,12-13,15H2,1-4H3,(H,30,31,33)/t20-,23?,24?,25+,27?,29-/m1/s1. The first-order valence-corrected chi connectivity index (χ1v) is 14.2. The molecule has 3 aliphatic rings. The molecule has 36 heavy (non-hydrogen) atoms. The molecule has 0 bridgehead atoms. The van der Waals surface area contributed by atoms with Crippen molar-refractivity contribution in [2.24, 2.45) is 23.2 Å². The number of esters is 1. The Bertz CT molecular complexity index is 1130. The van der Waals surface area contributed by atoms with Crippen LogP contribution in [0.25, 0.3) is 0 Å². The summed E-state index contributed by atoms with van der Waals surface area (Å²) in [6.07, 6.45) is 10.2. The van der Waals surface area contributed by atoms with E-state index in [9.17, 15) is 9.59 Å². The van der Waals surface area contributed by atoms with E-state index < -0.39 is 0 Å². The highest BCUT2D eigenvalue weighted by Crippen LogP contribution is 2.64.